The minimum Gasteiger partial charge on any atom is -0.470 e. The molecule has 0 atom stereocenters. The van der Waals surface area contributed by atoms with Crippen molar-refractivity contribution in [1.29, 1.82) is 0 Å². The summed E-state index contributed by atoms with van der Waals surface area (Å²) in [7, 11) is 1.48. The van der Waals surface area contributed by atoms with Crippen molar-refractivity contribution in [1.82, 2.24) is 0 Å². The molecular weight excluding hydrogens is 300 g/mol. The van der Waals surface area contributed by atoms with Gasteiger partial charge in [0.25, 0.3) is 5.90 Å². The molecule has 0 spiro atoms. The molecule has 1 aliphatic rings. The molecule has 0 amide bonds. The van der Waals surface area contributed by atoms with Crippen molar-refractivity contribution in [2.75, 3.05) is 20.3 Å². The fourth-order valence-electron chi connectivity index (χ4n) is 1.54. The molecule has 0 unspecified atom stereocenters. The van der Waals surface area contributed by atoms with Gasteiger partial charge in [-0.3, -0.25) is 0 Å². The molecule has 0 radical (unpaired) electrons. The average molecular weight is 313 g/mol. The number of halogens is 1. The molecular formula is C12H13BrN2O3. The minimum atomic E-state index is 0.328. The van der Waals surface area contributed by atoms with Gasteiger partial charge in [0.1, 0.15) is 13.7 Å². The van der Waals surface area contributed by atoms with Gasteiger partial charge in [-0.1, -0.05) is 23.4 Å². The van der Waals surface area contributed by atoms with Gasteiger partial charge in [-0.2, -0.15) is 0 Å². The monoisotopic (exact) mass is 312 g/mol. The Morgan fingerprint density at radius 3 is 2.94 bits per heavy atom. The quantitative estimate of drug-likeness (QED) is 0.636. The standard InChI is InChI=1S/C12H13BrN2O3/c1-8-4-3-5-9(10(8)13)11(14-16-2)12-15-18-7-6-17-12/h3-5H,6-7H2,1-2H3. The van der Waals surface area contributed by atoms with Gasteiger partial charge in [0.15, 0.2) is 12.3 Å². The van der Waals surface area contributed by atoms with Gasteiger partial charge in [-0.25, -0.2) is 0 Å². The topological polar surface area (TPSA) is 52.4 Å². The molecule has 0 saturated heterocycles. The molecule has 0 saturated carbocycles. The van der Waals surface area contributed by atoms with E-state index in [4.69, 9.17) is 14.4 Å². The van der Waals surface area contributed by atoms with Crippen LogP contribution in [0.2, 0.25) is 0 Å². The van der Waals surface area contributed by atoms with E-state index < -0.39 is 0 Å². The Morgan fingerprint density at radius 1 is 1.44 bits per heavy atom. The van der Waals surface area contributed by atoms with Crippen molar-refractivity contribution >= 4 is 27.5 Å². The highest BCUT2D eigenvalue weighted by Crippen LogP contribution is 2.23. The molecule has 18 heavy (non-hydrogen) atoms. The van der Waals surface area contributed by atoms with Gasteiger partial charge in [-0.05, 0) is 33.6 Å². The molecule has 1 aromatic rings. The van der Waals surface area contributed by atoms with Crippen LogP contribution in [-0.2, 0) is 14.4 Å². The number of nitrogens with zero attached hydrogens (tertiary/aromatic N) is 2. The summed E-state index contributed by atoms with van der Waals surface area (Å²) in [6.07, 6.45) is 0. The lowest BCUT2D eigenvalue weighted by Gasteiger charge is -2.15. The molecule has 0 aliphatic carbocycles. The fourth-order valence-corrected chi connectivity index (χ4v) is 1.99. The average Bonchev–Trinajstić information content (AvgIpc) is 2.41. The van der Waals surface area contributed by atoms with E-state index in [-0.39, 0.29) is 0 Å². The zero-order valence-electron chi connectivity index (χ0n) is 10.1. The second-order valence-corrected chi connectivity index (χ2v) is 4.43. The SMILES string of the molecule is CON=C(C1=NOCCO1)c1cccc(C)c1Br. The van der Waals surface area contributed by atoms with Gasteiger partial charge < -0.3 is 14.4 Å². The second-order valence-electron chi connectivity index (χ2n) is 3.64. The normalized spacial score (nSPS) is 15.5. The first-order valence-electron chi connectivity index (χ1n) is 5.44. The summed E-state index contributed by atoms with van der Waals surface area (Å²) in [6, 6.07) is 5.85. The second kappa shape index (κ2) is 5.86. The summed E-state index contributed by atoms with van der Waals surface area (Å²) in [5, 5.41) is 7.83. The van der Waals surface area contributed by atoms with Crippen LogP contribution in [0.1, 0.15) is 11.1 Å². The molecule has 2 rings (SSSR count). The number of oxime groups is 2. The summed E-state index contributed by atoms with van der Waals surface area (Å²) in [4.78, 5) is 9.87. The van der Waals surface area contributed by atoms with Crippen molar-refractivity contribution in [3.63, 3.8) is 0 Å². The Hall–Kier alpha value is -1.56. The molecule has 0 N–H and O–H groups in total. The van der Waals surface area contributed by atoms with Crippen LogP contribution >= 0.6 is 15.9 Å². The third kappa shape index (κ3) is 2.64. The number of hydrogen-bond donors (Lipinski definition) is 0. The van der Waals surface area contributed by atoms with Crippen LogP contribution in [0.4, 0.5) is 0 Å². The molecule has 96 valence electrons. The van der Waals surface area contributed by atoms with E-state index in [1.54, 1.807) is 0 Å². The molecule has 1 aliphatic heterocycles. The number of ether oxygens (including phenoxy) is 1. The molecule has 1 aromatic carbocycles. The number of aryl methyl sites for hydroxylation is 1. The van der Waals surface area contributed by atoms with Crippen LogP contribution < -0.4 is 0 Å². The molecule has 1 heterocycles. The molecule has 5 nitrogen and oxygen atoms in total. The third-order valence-electron chi connectivity index (χ3n) is 2.39. The summed E-state index contributed by atoms with van der Waals surface area (Å²) < 4.78 is 6.36. The van der Waals surface area contributed by atoms with Crippen LogP contribution in [0.15, 0.2) is 33.0 Å². The van der Waals surface area contributed by atoms with Crippen molar-refractivity contribution in [2.45, 2.75) is 6.92 Å². The van der Waals surface area contributed by atoms with Crippen LogP contribution in [0.3, 0.4) is 0 Å². The van der Waals surface area contributed by atoms with E-state index in [0.717, 1.165) is 15.6 Å². The maximum Gasteiger partial charge on any atom is 0.280 e. The first kappa shape index (κ1) is 12.9. The highest BCUT2D eigenvalue weighted by molar-refractivity contribution is 9.10. The Labute approximate surface area is 114 Å². The summed E-state index contributed by atoms with van der Waals surface area (Å²) in [6.45, 7) is 2.89. The van der Waals surface area contributed by atoms with Crippen molar-refractivity contribution in [2.24, 2.45) is 10.3 Å². The van der Waals surface area contributed by atoms with E-state index >= 15 is 0 Å². The van der Waals surface area contributed by atoms with Gasteiger partial charge >= 0.3 is 0 Å². The first-order chi connectivity index (χ1) is 8.74. The van der Waals surface area contributed by atoms with Crippen LogP contribution in [0.25, 0.3) is 0 Å². The number of benzene rings is 1. The minimum absolute atomic E-state index is 0.328. The highest BCUT2D eigenvalue weighted by atomic mass is 79.9. The number of hydrogen-bond acceptors (Lipinski definition) is 5. The van der Waals surface area contributed by atoms with Crippen molar-refractivity contribution in [3.05, 3.63) is 33.8 Å². The van der Waals surface area contributed by atoms with Gasteiger partial charge in [-0.15, -0.1) is 0 Å². The van der Waals surface area contributed by atoms with Crippen LogP contribution in [0, 0.1) is 6.92 Å². The van der Waals surface area contributed by atoms with Crippen molar-refractivity contribution in [3.8, 4) is 0 Å². The lowest BCUT2D eigenvalue weighted by Crippen LogP contribution is -2.25. The van der Waals surface area contributed by atoms with Crippen LogP contribution in [0.5, 0.6) is 0 Å². The summed E-state index contributed by atoms with van der Waals surface area (Å²) in [5.41, 5.74) is 2.45. The molecule has 0 aromatic heterocycles. The number of rotatable bonds is 3. The first-order valence-corrected chi connectivity index (χ1v) is 6.23. The summed E-state index contributed by atoms with van der Waals surface area (Å²) in [5.74, 6) is 0.328. The zero-order valence-corrected chi connectivity index (χ0v) is 11.7. The molecule has 0 bridgehead atoms. The Kier molecular flexibility index (Phi) is 4.19. The van der Waals surface area contributed by atoms with Gasteiger partial charge in [0, 0.05) is 10.0 Å². The van der Waals surface area contributed by atoms with E-state index in [1.807, 2.05) is 25.1 Å². The van der Waals surface area contributed by atoms with E-state index in [1.165, 1.54) is 7.11 Å². The maximum atomic E-state index is 5.44. The van der Waals surface area contributed by atoms with E-state index in [2.05, 4.69) is 26.2 Å². The fraction of sp³-hybridized carbons (Fsp3) is 0.333. The predicted octanol–water partition coefficient (Wildman–Crippen LogP) is 2.47. The van der Waals surface area contributed by atoms with Crippen LogP contribution in [-0.4, -0.2) is 31.9 Å². The lowest BCUT2D eigenvalue weighted by molar-refractivity contribution is 0.0672. The predicted molar refractivity (Wildman–Crippen MR) is 71.8 cm³/mol. The molecule has 6 heteroatoms. The van der Waals surface area contributed by atoms with E-state index in [0.29, 0.717) is 24.8 Å². The van der Waals surface area contributed by atoms with Gasteiger partial charge in [0.2, 0.25) is 0 Å². The Balaban J connectivity index is 2.45. The Morgan fingerprint density at radius 2 is 2.28 bits per heavy atom. The third-order valence-corrected chi connectivity index (χ3v) is 3.45. The summed E-state index contributed by atoms with van der Waals surface area (Å²) >= 11 is 3.53. The molecule has 0 fully saturated rings. The smallest absolute Gasteiger partial charge is 0.280 e. The Bertz CT molecular complexity index is 500. The zero-order chi connectivity index (χ0) is 13.0. The maximum absolute atomic E-state index is 5.44. The highest BCUT2D eigenvalue weighted by Gasteiger charge is 2.21. The van der Waals surface area contributed by atoms with Crippen molar-refractivity contribution < 1.29 is 14.4 Å². The lowest BCUT2D eigenvalue weighted by atomic mass is 10.1. The largest absolute Gasteiger partial charge is 0.470 e. The van der Waals surface area contributed by atoms with Gasteiger partial charge in [0.05, 0.1) is 0 Å². The van der Waals surface area contributed by atoms with E-state index in [9.17, 15) is 0 Å².